The van der Waals surface area contributed by atoms with Gasteiger partial charge >= 0.3 is 0 Å². The SMILES string of the molecule is NCCC=Cc1csc(N2CCOCC2)n1. The number of nitrogens with two attached hydrogens (primary N) is 1. The maximum atomic E-state index is 5.42. The van der Waals surface area contributed by atoms with Crippen LogP contribution in [0.3, 0.4) is 0 Å². The highest BCUT2D eigenvalue weighted by Gasteiger charge is 2.13. The van der Waals surface area contributed by atoms with Gasteiger partial charge in [-0.3, -0.25) is 0 Å². The van der Waals surface area contributed by atoms with Gasteiger partial charge in [0.2, 0.25) is 0 Å². The Morgan fingerprint density at radius 1 is 1.50 bits per heavy atom. The lowest BCUT2D eigenvalue weighted by atomic mass is 10.3. The highest BCUT2D eigenvalue weighted by atomic mass is 32.1. The largest absolute Gasteiger partial charge is 0.378 e. The van der Waals surface area contributed by atoms with Crippen molar-refractivity contribution in [2.75, 3.05) is 37.7 Å². The van der Waals surface area contributed by atoms with E-state index in [0.29, 0.717) is 6.54 Å². The average Bonchev–Trinajstić information content (AvgIpc) is 2.79. The molecular formula is C11H17N3OS. The van der Waals surface area contributed by atoms with Crippen LogP contribution in [0.25, 0.3) is 6.08 Å². The van der Waals surface area contributed by atoms with E-state index in [1.54, 1.807) is 11.3 Å². The van der Waals surface area contributed by atoms with Crippen LogP contribution in [0.1, 0.15) is 12.1 Å². The van der Waals surface area contributed by atoms with Crippen LogP contribution in [-0.4, -0.2) is 37.8 Å². The molecule has 2 rings (SSSR count). The summed E-state index contributed by atoms with van der Waals surface area (Å²) in [6.45, 7) is 4.19. The number of morpholine rings is 1. The lowest BCUT2D eigenvalue weighted by Crippen LogP contribution is -2.36. The van der Waals surface area contributed by atoms with Gasteiger partial charge in [-0.05, 0) is 19.0 Å². The topological polar surface area (TPSA) is 51.4 Å². The van der Waals surface area contributed by atoms with Gasteiger partial charge in [0, 0.05) is 18.5 Å². The molecule has 0 bridgehead atoms. The van der Waals surface area contributed by atoms with E-state index in [2.05, 4.69) is 21.3 Å². The zero-order valence-corrected chi connectivity index (χ0v) is 10.1. The van der Waals surface area contributed by atoms with Gasteiger partial charge in [-0.15, -0.1) is 11.3 Å². The average molecular weight is 239 g/mol. The monoisotopic (exact) mass is 239 g/mol. The van der Waals surface area contributed by atoms with E-state index < -0.39 is 0 Å². The molecule has 1 aliphatic heterocycles. The lowest BCUT2D eigenvalue weighted by molar-refractivity contribution is 0.122. The van der Waals surface area contributed by atoms with Crippen LogP contribution in [0.5, 0.6) is 0 Å². The maximum absolute atomic E-state index is 5.42. The Morgan fingerprint density at radius 2 is 2.31 bits per heavy atom. The minimum absolute atomic E-state index is 0.691. The van der Waals surface area contributed by atoms with Gasteiger partial charge in [0.1, 0.15) is 0 Å². The first kappa shape index (κ1) is 11.6. The van der Waals surface area contributed by atoms with Crippen LogP contribution < -0.4 is 10.6 Å². The summed E-state index contributed by atoms with van der Waals surface area (Å²) in [6.07, 6.45) is 5.01. The summed E-state index contributed by atoms with van der Waals surface area (Å²) < 4.78 is 5.31. The molecule has 0 amide bonds. The molecule has 0 aliphatic carbocycles. The number of anilines is 1. The number of ether oxygens (including phenoxy) is 1. The van der Waals surface area contributed by atoms with E-state index in [0.717, 1.165) is 43.5 Å². The molecule has 1 saturated heterocycles. The number of thiazole rings is 1. The van der Waals surface area contributed by atoms with Gasteiger partial charge in [-0.25, -0.2) is 4.98 Å². The molecular weight excluding hydrogens is 222 g/mol. The van der Waals surface area contributed by atoms with E-state index in [1.165, 1.54) is 0 Å². The second kappa shape index (κ2) is 5.98. The smallest absolute Gasteiger partial charge is 0.185 e. The number of nitrogens with zero attached hydrogens (tertiary/aromatic N) is 2. The molecule has 0 atom stereocenters. The van der Waals surface area contributed by atoms with Gasteiger partial charge in [0.15, 0.2) is 5.13 Å². The minimum Gasteiger partial charge on any atom is -0.378 e. The van der Waals surface area contributed by atoms with E-state index in [1.807, 2.05) is 6.08 Å². The first-order chi connectivity index (χ1) is 7.90. The molecule has 0 unspecified atom stereocenters. The number of hydrogen-bond acceptors (Lipinski definition) is 5. The van der Waals surface area contributed by atoms with Crippen LogP contribution in [0.15, 0.2) is 11.5 Å². The molecule has 4 nitrogen and oxygen atoms in total. The van der Waals surface area contributed by atoms with Crippen LogP contribution >= 0.6 is 11.3 Å². The van der Waals surface area contributed by atoms with Crippen molar-refractivity contribution in [2.24, 2.45) is 5.73 Å². The van der Waals surface area contributed by atoms with Gasteiger partial charge in [0.05, 0.1) is 18.9 Å². The molecule has 1 aliphatic rings. The van der Waals surface area contributed by atoms with Crippen LogP contribution in [0.2, 0.25) is 0 Å². The molecule has 16 heavy (non-hydrogen) atoms. The Kier molecular flexibility index (Phi) is 4.33. The summed E-state index contributed by atoms with van der Waals surface area (Å²) in [7, 11) is 0. The van der Waals surface area contributed by atoms with Crippen molar-refractivity contribution in [3.63, 3.8) is 0 Å². The Morgan fingerprint density at radius 3 is 3.06 bits per heavy atom. The zero-order valence-electron chi connectivity index (χ0n) is 9.26. The van der Waals surface area contributed by atoms with Crippen molar-refractivity contribution in [1.82, 2.24) is 4.98 Å². The Labute approximate surface area is 99.7 Å². The molecule has 5 heteroatoms. The summed E-state index contributed by atoms with van der Waals surface area (Å²) in [6, 6.07) is 0. The summed E-state index contributed by atoms with van der Waals surface area (Å²) >= 11 is 1.69. The van der Waals surface area contributed by atoms with E-state index in [9.17, 15) is 0 Å². The Bertz CT molecular complexity index is 345. The van der Waals surface area contributed by atoms with Gasteiger partial charge in [-0.2, -0.15) is 0 Å². The molecule has 0 radical (unpaired) electrons. The van der Waals surface area contributed by atoms with E-state index in [-0.39, 0.29) is 0 Å². The Hall–Kier alpha value is -0.910. The maximum Gasteiger partial charge on any atom is 0.185 e. The normalized spacial score (nSPS) is 17.2. The fourth-order valence-corrected chi connectivity index (χ4v) is 2.40. The molecule has 0 saturated carbocycles. The lowest BCUT2D eigenvalue weighted by Gasteiger charge is -2.25. The third kappa shape index (κ3) is 3.04. The second-order valence-electron chi connectivity index (χ2n) is 3.63. The fraction of sp³-hybridized carbons (Fsp3) is 0.545. The second-order valence-corrected chi connectivity index (χ2v) is 4.47. The van der Waals surface area contributed by atoms with Crippen molar-refractivity contribution in [1.29, 1.82) is 0 Å². The predicted octanol–water partition coefficient (Wildman–Crippen LogP) is 1.34. The van der Waals surface area contributed by atoms with Crippen LogP contribution in [0, 0.1) is 0 Å². The molecule has 0 aromatic carbocycles. The van der Waals surface area contributed by atoms with Crippen molar-refractivity contribution in [2.45, 2.75) is 6.42 Å². The van der Waals surface area contributed by atoms with Gasteiger partial charge in [-0.1, -0.05) is 6.08 Å². The molecule has 2 heterocycles. The first-order valence-electron chi connectivity index (χ1n) is 5.55. The summed E-state index contributed by atoms with van der Waals surface area (Å²) in [5.41, 5.74) is 6.45. The molecule has 1 aromatic heterocycles. The third-order valence-corrected chi connectivity index (χ3v) is 3.33. The molecule has 88 valence electrons. The first-order valence-corrected chi connectivity index (χ1v) is 6.43. The molecule has 1 aromatic rings. The van der Waals surface area contributed by atoms with Crippen LogP contribution in [-0.2, 0) is 4.74 Å². The molecule has 0 spiro atoms. The van der Waals surface area contributed by atoms with Crippen molar-refractivity contribution in [3.05, 3.63) is 17.2 Å². The van der Waals surface area contributed by atoms with Crippen molar-refractivity contribution in [3.8, 4) is 0 Å². The van der Waals surface area contributed by atoms with Crippen LogP contribution in [0.4, 0.5) is 5.13 Å². The highest BCUT2D eigenvalue weighted by Crippen LogP contribution is 2.22. The summed E-state index contributed by atoms with van der Waals surface area (Å²) in [5.74, 6) is 0. The fourth-order valence-electron chi connectivity index (χ4n) is 1.55. The van der Waals surface area contributed by atoms with Crippen molar-refractivity contribution < 1.29 is 4.74 Å². The van der Waals surface area contributed by atoms with Crippen molar-refractivity contribution >= 4 is 22.5 Å². The number of aromatic nitrogens is 1. The Balaban J connectivity index is 1.95. The standard InChI is InChI=1S/C11H17N3OS/c12-4-2-1-3-10-9-16-11(13-10)14-5-7-15-8-6-14/h1,3,9H,2,4-8,12H2. The zero-order chi connectivity index (χ0) is 11.2. The summed E-state index contributed by atoms with van der Waals surface area (Å²) in [4.78, 5) is 6.84. The predicted molar refractivity (Wildman–Crippen MR) is 67.9 cm³/mol. The highest BCUT2D eigenvalue weighted by molar-refractivity contribution is 7.13. The minimum atomic E-state index is 0.691. The quantitative estimate of drug-likeness (QED) is 0.861. The number of hydrogen-bond donors (Lipinski definition) is 1. The van der Waals surface area contributed by atoms with E-state index in [4.69, 9.17) is 10.5 Å². The van der Waals surface area contributed by atoms with Gasteiger partial charge in [0.25, 0.3) is 0 Å². The van der Waals surface area contributed by atoms with E-state index >= 15 is 0 Å². The van der Waals surface area contributed by atoms with Gasteiger partial charge < -0.3 is 15.4 Å². The third-order valence-electron chi connectivity index (χ3n) is 2.41. The number of rotatable bonds is 4. The molecule has 2 N–H and O–H groups in total. The molecule has 1 fully saturated rings. The summed E-state index contributed by atoms with van der Waals surface area (Å²) in [5, 5.41) is 3.17.